The van der Waals surface area contributed by atoms with Crippen LogP contribution in [0.5, 0.6) is 0 Å². The number of nitrogens with one attached hydrogen (secondary N) is 1. The van der Waals surface area contributed by atoms with Crippen LogP contribution in [-0.4, -0.2) is 68.0 Å². The zero-order valence-corrected chi connectivity index (χ0v) is 22.5. The summed E-state index contributed by atoms with van der Waals surface area (Å²) in [7, 11) is 0. The molecule has 1 N–H and O–H groups in total. The Hall–Kier alpha value is -3.19. The summed E-state index contributed by atoms with van der Waals surface area (Å²) in [5, 5.41) is 9.77. The SMILES string of the molecule is Cc1c(-c2[nH]c3ccc(C4CCN(CCN5CCCC5=O)CC4)cc3c2C(C)C)cn2cnnc2c1C. The lowest BCUT2D eigenvalue weighted by Crippen LogP contribution is -2.39. The fraction of sp³-hybridized carbons (Fsp3) is 0.500. The molecule has 0 spiro atoms. The maximum Gasteiger partial charge on any atom is 0.222 e. The lowest BCUT2D eigenvalue weighted by molar-refractivity contribution is -0.127. The van der Waals surface area contributed by atoms with Crippen LogP contribution in [0.15, 0.2) is 30.7 Å². The van der Waals surface area contributed by atoms with Crippen molar-refractivity contribution in [3.63, 3.8) is 0 Å². The van der Waals surface area contributed by atoms with Gasteiger partial charge in [0.05, 0.1) is 5.69 Å². The minimum absolute atomic E-state index is 0.335. The minimum atomic E-state index is 0.335. The van der Waals surface area contributed by atoms with Gasteiger partial charge in [0.2, 0.25) is 5.91 Å². The van der Waals surface area contributed by atoms with Crippen LogP contribution in [0.25, 0.3) is 27.8 Å². The van der Waals surface area contributed by atoms with E-state index in [1.54, 1.807) is 6.33 Å². The summed E-state index contributed by atoms with van der Waals surface area (Å²) in [6.07, 6.45) is 8.07. The monoisotopic (exact) mass is 498 g/mol. The summed E-state index contributed by atoms with van der Waals surface area (Å²) < 4.78 is 2.03. The Morgan fingerprint density at radius 1 is 1.08 bits per heavy atom. The van der Waals surface area contributed by atoms with Gasteiger partial charge < -0.3 is 14.8 Å². The molecular formula is C30H38N6O. The third-order valence-corrected chi connectivity index (χ3v) is 8.77. The molecule has 5 heterocycles. The highest BCUT2D eigenvalue weighted by atomic mass is 16.2. The van der Waals surface area contributed by atoms with Gasteiger partial charge in [-0.05, 0) is 92.4 Å². The van der Waals surface area contributed by atoms with E-state index >= 15 is 0 Å². The van der Waals surface area contributed by atoms with Gasteiger partial charge in [0.15, 0.2) is 5.65 Å². The number of H-pyrrole nitrogens is 1. The first-order chi connectivity index (χ1) is 17.9. The summed E-state index contributed by atoms with van der Waals surface area (Å²) in [5.41, 5.74) is 9.82. The third-order valence-electron chi connectivity index (χ3n) is 8.77. The number of benzene rings is 1. The van der Waals surface area contributed by atoms with Crippen molar-refractivity contribution >= 4 is 22.5 Å². The maximum absolute atomic E-state index is 11.9. The number of pyridine rings is 1. The second kappa shape index (κ2) is 9.60. The van der Waals surface area contributed by atoms with Gasteiger partial charge in [-0.3, -0.25) is 9.20 Å². The second-order valence-electron chi connectivity index (χ2n) is 11.3. The van der Waals surface area contributed by atoms with Crippen LogP contribution in [0.1, 0.15) is 73.6 Å². The Morgan fingerprint density at radius 2 is 1.89 bits per heavy atom. The Labute approximate surface area is 218 Å². The summed E-state index contributed by atoms with van der Waals surface area (Å²) in [5.74, 6) is 1.32. The first-order valence-corrected chi connectivity index (χ1v) is 13.9. The number of carbonyl (C=O) groups excluding carboxylic acids is 1. The van der Waals surface area contributed by atoms with E-state index in [4.69, 9.17) is 0 Å². The number of aromatic amines is 1. The van der Waals surface area contributed by atoms with E-state index < -0.39 is 0 Å². The number of aromatic nitrogens is 4. The van der Waals surface area contributed by atoms with Crippen molar-refractivity contribution in [3.8, 4) is 11.3 Å². The third kappa shape index (κ3) is 4.33. The Balaban J connectivity index is 1.26. The van der Waals surface area contributed by atoms with E-state index in [0.29, 0.717) is 17.7 Å². The summed E-state index contributed by atoms with van der Waals surface area (Å²) >= 11 is 0. The number of hydrogen-bond donors (Lipinski definition) is 1. The number of fused-ring (bicyclic) bond motifs is 2. The normalized spacial score (nSPS) is 17.8. The van der Waals surface area contributed by atoms with Crippen LogP contribution in [0.3, 0.4) is 0 Å². The van der Waals surface area contributed by atoms with Gasteiger partial charge in [0.1, 0.15) is 6.33 Å². The number of piperidine rings is 1. The molecular weight excluding hydrogens is 460 g/mol. The average Bonchev–Trinajstić information content (AvgIpc) is 3.63. The van der Waals surface area contributed by atoms with Gasteiger partial charge in [0, 0.05) is 48.7 Å². The van der Waals surface area contributed by atoms with E-state index in [-0.39, 0.29) is 0 Å². The molecule has 0 aliphatic carbocycles. The number of aryl methyl sites for hydroxylation is 1. The fourth-order valence-corrected chi connectivity index (χ4v) is 6.45. The van der Waals surface area contributed by atoms with Crippen LogP contribution in [-0.2, 0) is 4.79 Å². The topological polar surface area (TPSA) is 69.5 Å². The largest absolute Gasteiger partial charge is 0.354 e. The van der Waals surface area contributed by atoms with Crippen LogP contribution in [0, 0.1) is 13.8 Å². The van der Waals surface area contributed by atoms with Gasteiger partial charge in [-0.1, -0.05) is 19.9 Å². The Morgan fingerprint density at radius 3 is 2.62 bits per heavy atom. The van der Waals surface area contributed by atoms with Crippen molar-refractivity contribution in [1.82, 2.24) is 29.4 Å². The highest BCUT2D eigenvalue weighted by Crippen LogP contribution is 2.40. The number of nitrogens with zero attached hydrogens (tertiary/aromatic N) is 5. The first kappa shape index (κ1) is 24.2. The first-order valence-electron chi connectivity index (χ1n) is 13.9. The quantitative estimate of drug-likeness (QED) is 0.385. The molecule has 4 aromatic rings. The molecule has 2 saturated heterocycles. The average molecular weight is 499 g/mol. The van der Waals surface area contributed by atoms with E-state index in [2.05, 4.69) is 72.2 Å². The Bertz CT molecular complexity index is 1460. The maximum atomic E-state index is 11.9. The van der Waals surface area contributed by atoms with Crippen molar-refractivity contribution in [1.29, 1.82) is 0 Å². The standard InChI is InChI=1S/C30H38N6O/c1-19(2)28-24-16-23(22-9-12-34(13-10-22)14-15-35-11-5-6-27(35)37)7-8-26(24)32-29(28)25-17-36-18-31-33-30(36)21(4)20(25)3/h7-8,16-19,22,32H,5-6,9-15H2,1-4H3. The molecule has 2 fully saturated rings. The van der Waals surface area contributed by atoms with Crippen LogP contribution < -0.4 is 0 Å². The molecule has 7 heteroatoms. The van der Waals surface area contributed by atoms with Crippen LogP contribution in [0.4, 0.5) is 0 Å². The highest BCUT2D eigenvalue weighted by Gasteiger charge is 2.25. The molecule has 7 nitrogen and oxygen atoms in total. The predicted molar refractivity (Wildman–Crippen MR) is 148 cm³/mol. The molecule has 0 radical (unpaired) electrons. The van der Waals surface area contributed by atoms with Gasteiger partial charge in [-0.25, -0.2) is 0 Å². The van der Waals surface area contributed by atoms with E-state index in [0.717, 1.165) is 51.2 Å². The summed E-state index contributed by atoms with van der Waals surface area (Å²) in [6, 6.07) is 7.06. The Kier molecular flexibility index (Phi) is 6.27. The summed E-state index contributed by atoms with van der Waals surface area (Å²) in [6.45, 7) is 14.0. The van der Waals surface area contributed by atoms with Crippen molar-refractivity contribution in [2.75, 3.05) is 32.7 Å². The minimum Gasteiger partial charge on any atom is -0.354 e. The number of carbonyl (C=O) groups is 1. The predicted octanol–water partition coefficient (Wildman–Crippen LogP) is 5.42. The van der Waals surface area contributed by atoms with Gasteiger partial charge >= 0.3 is 0 Å². The molecule has 1 amide bonds. The van der Waals surface area contributed by atoms with Crippen molar-refractivity contribution in [2.45, 2.75) is 65.2 Å². The molecule has 37 heavy (non-hydrogen) atoms. The molecule has 2 aliphatic rings. The van der Waals surface area contributed by atoms with Crippen molar-refractivity contribution in [2.24, 2.45) is 0 Å². The van der Waals surface area contributed by atoms with Gasteiger partial charge in [0.25, 0.3) is 0 Å². The van der Waals surface area contributed by atoms with Gasteiger partial charge in [-0.2, -0.15) is 0 Å². The highest BCUT2D eigenvalue weighted by molar-refractivity contribution is 5.92. The molecule has 6 rings (SSSR count). The molecule has 194 valence electrons. The smallest absolute Gasteiger partial charge is 0.222 e. The molecule has 0 bridgehead atoms. The molecule has 0 saturated carbocycles. The number of amides is 1. The van der Waals surface area contributed by atoms with Gasteiger partial charge in [-0.15, -0.1) is 10.2 Å². The fourth-order valence-electron chi connectivity index (χ4n) is 6.45. The lowest BCUT2D eigenvalue weighted by atomic mass is 9.87. The number of hydrogen-bond acceptors (Lipinski definition) is 4. The summed E-state index contributed by atoms with van der Waals surface area (Å²) in [4.78, 5) is 20.3. The van der Waals surface area contributed by atoms with Crippen molar-refractivity contribution < 1.29 is 4.79 Å². The molecule has 2 aliphatic heterocycles. The second-order valence-corrected chi connectivity index (χ2v) is 11.3. The van der Waals surface area contributed by atoms with E-state index in [9.17, 15) is 4.79 Å². The van der Waals surface area contributed by atoms with E-state index in [1.807, 2.05) is 9.30 Å². The lowest BCUT2D eigenvalue weighted by Gasteiger charge is -2.33. The number of rotatable bonds is 6. The molecule has 0 unspecified atom stereocenters. The molecule has 3 aromatic heterocycles. The van der Waals surface area contributed by atoms with E-state index in [1.165, 1.54) is 57.3 Å². The van der Waals surface area contributed by atoms with Crippen LogP contribution >= 0.6 is 0 Å². The number of likely N-dealkylation sites (tertiary alicyclic amines) is 2. The molecule has 1 aromatic carbocycles. The zero-order chi connectivity index (χ0) is 25.7. The zero-order valence-electron chi connectivity index (χ0n) is 22.5. The van der Waals surface area contributed by atoms with Crippen molar-refractivity contribution in [3.05, 3.63) is 53.0 Å². The molecule has 0 atom stereocenters. The van der Waals surface area contributed by atoms with Crippen LogP contribution in [0.2, 0.25) is 0 Å².